The summed E-state index contributed by atoms with van der Waals surface area (Å²) in [6, 6.07) is 0. The summed E-state index contributed by atoms with van der Waals surface area (Å²) in [4.78, 5) is 13.9. The van der Waals surface area contributed by atoms with Gasteiger partial charge in [-0.25, -0.2) is 0 Å². The third-order valence-electron chi connectivity index (χ3n) is 7.45. The largest absolute Gasteiger partial charge is 0.343 e. The van der Waals surface area contributed by atoms with Gasteiger partial charge in [0, 0.05) is 19.5 Å². The molecule has 1 aliphatic rings. The fourth-order valence-electron chi connectivity index (χ4n) is 5.19. The van der Waals surface area contributed by atoms with Crippen molar-refractivity contribution in [1.82, 2.24) is 4.90 Å². The van der Waals surface area contributed by atoms with Gasteiger partial charge < -0.3 is 4.90 Å². The summed E-state index contributed by atoms with van der Waals surface area (Å²) in [5.74, 6) is 0.398. The molecular weight excluding hydrogens is 390 g/mol. The summed E-state index contributed by atoms with van der Waals surface area (Å²) in [5, 5.41) is 0. The molecule has 0 aromatic carbocycles. The third kappa shape index (κ3) is 19.0. The van der Waals surface area contributed by atoms with Gasteiger partial charge in [0.05, 0.1) is 0 Å². The molecule has 1 amide bonds. The molecule has 1 rings (SSSR count). The van der Waals surface area contributed by atoms with Crippen LogP contribution in [0.4, 0.5) is 0 Å². The highest BCUT2D eigenvalue weighted by Gasteiger charge is 2.16. The molecule has 190 valence electrons. The molecule has 2 heteroatoms. The molecule has 1 saturated heterocycles. The summed E-state index contributed by atoms with van der Waals surface area (Å²) >= 11 is 0. The molecule has 1 fully saturated rings. The minimum absolute atomic E-state index is 0.398. The van der Waals surface area contributed by atoms with E-state index in [0.717, 1.165) is 25.9 Å². The maximum absolute atomic E-state index is 11.8. The van der Waals surface area contributed by atoms with Crippen LogP contribution in [0.5, 0.6) is 0 Å². The van der Waals surface area contributed by atoms with E-state index in [2.05, 4.69) is 11.8 Å². The Kier molecular flexibility index (Phi) is 21.8. The van der Waals surface area contributed by atoms with Crippen LogP contribution in [0.15, 0.2) is 0 Å². The quantitative estimate of drug-likeness (QED) is 0.134. The second-order valence-corrected chi connectivity index (χ2v) is 10.6. The van der Waals surface area contributed by atoms with Crippen molar-refractivity contribution < 1.29 is 4.79 Å². The van der Waals surface area contributed by atoms with E-state index in [-0.39, 0.29) is 0 Å². The smallest absolute Gasteiger partial charge is 0.222 e. The van der Waals surface area contributed by atoms with Crippen LogP contribution in [-0.2, 0) is 4.79 Å². The molecular formula is C30H59NO. The molecule has 0 aromatic rings. The number of carbonyl (C=O) groups excluding carboxylic acids is 1. The number of nitrogens with zero attached hydrogens (tertiary/aromatic N) is 1. The fourth-order valence-corrected chi connectivity index (χ4v) is 5.19. The second-order valence-electron chi connectivity index (χ2n) is 10.6. The lowest BCUT2D eigenvalue weighted by Crippen LogP contribution is -2.35. The first-order chi connectivity index (χ1) is 15.8. The van der Waals surface area contributed by atoms with Crippen LogP contribution in [0.2, 0.25) is 0 Å². The molecule has 0 aromatic heterocycles. The Balaban J connectivity index is 1.66. The third-order valence-corrected chi connectivity index (χ3v) is 7.45. The van der Waals surface area contributed by atoms with Crippen molar-refractivity contribution in [2.75, 3.05) is 13.1 Å². The zero-order valence-corrected chi connectivity index (χ0v) is 22.2. The van der Waals surface area contributed by atoms with E-state index in [1.807, 2.05) is 0 Å². The lowest BCUT2D eigenvalue weighted by Gasteiger charge is -2.26. The highest BCUT2D eigenvalue weighted by Crippen LogP contribution is 2.16. The Morgan fingerprint density at radius 3 is 1.19 bits per heavy atom. The van der Waals surface area contributed by atoms with Crippen LogP contribution < -0.4 is 0 Å². The van der Waals surface area contributed by atoms with Crippen LogP contribution in [0, 0.1) is 0 Å². The van der Waals surface area contributed by atoms with Crippen molar-refractivity contribution in [2.24, 2.45) is 0 Å². The van der Waals surface area contributed by atoms with Crippen LogP contribution in [0.1, 0.15) is 174 Å². The number of hydrogen-bond donors (Lipinski definition) is 0. The molecule has 0 spiro atoms. The van der Waals surface area contributed by atoms with Crippen molar-refractivity contribution in [2.45, 2.75) is 174 Å². The van der Waals surface area contributed by atoms with Gasteiger partial charge in [0.2, 0.25) is 5.91 Å². The summed E-state index contributed by atoms with van der Waals surface area (Å²) in [6.07, 6.45) is 36.1. The zero-order chi connectivity index (χ0) is 23.0. The second kappa shape index (κ2) is 23.6. The number of hydrogen-bond acceptors (Lipinski definition) is 1. The number of amides is 1. The average molecular weight is 450 g/mol. The minimum atomic E-state index is 0.398. The van der Waals surface area contributed by atoms with Crippen molar-refractivity contribution in [3.8, 4) is 0 Å². The van der Waals surface area contributed by atoms with Gasteiger partial charge in [-0.1, -0.05) is 148 Å². The Labute approximate surface area is 202 Å². The molecule has 2 nitrogen and oxygen atoms in total. The Morgan fingerprint density at radius 1 is 0.500 bits per heavy atom. The Morgan fingerprint density at radius 2 is 0.844 bits per heavy atom. The van der Waals surface area contributed by atoms with Gasteiger partial charge in [-0.05, 0) is 19.3 Å². The van der Waals surface area contributed by atoms with Gasteiger partial charge in [-0.15, -0.1) is 0 Å². The van der Waals surface area contributed by atoms with E-state index >= 15 is 0 Å². The Bertz CT molecular complexity index is 394. The zero-order valence-electron chi connectivity index (χ0n) is 22.2. The van der Waals surface area contributed by atoms with Gasteiger partial charge in [0.15, 0.2) is 0 Å². The molecule has 0 bridgehead atoms. The first-order valence-corrected chi connectivity index (χ1v) is 15.1. The van der Waals surface area contributed by atoms with Crippen LogP contribution in [0.3, 0.4) is 0 Å². The molecule has 0 atom stereocenters. The highest BCUT2D eigenvalue weighted by molar-refractivity contribution is 5.76. The molecule has 1 heterocycles. The van der Waals surface area contributed by atoms with Gasteiger partial charge >= 0.3 is 0 Å². The monoisotopic (exact) mass is 449 g/mol. The van der Waals surface area contributed by atoms with Gasteiger partial charge in [-0.3, -0.25) is 4.79 Å². The highest BCUT2D eigenvalue weighted by atomic mass is 16.2. The summed E-state index contributed by atoms with van der Waals surface area (Å²) in [7, 11) is 0. The number of likely N-dealkylation sites (tertiary alicyclic amines) is 1. The molecule has 32 heavy (non-hydrogen) atoms. The lowest BCUT2D eigenvalue weighted by atomic mass is 10.0. The molecule has 0 unspecified atom stereocenters. The average Bonchev–Trinajstić information content (AvgIpc) is 2.80. The fraction of sp³-hybridized carbons (Fsp3) is 0.967. The Hall–Kier alpha value is -0.530. The summed E-state index contributed by atoms with van der Waals surface area (Å²) in [6.45, 7) is 4.32. The van der Waals surface area contributed by atoms with Crippen LogP contribution in [0.25, 0.3) is 0 Å². The molecule has 0 radical (unpaired) electrons. The van der Waals surface area contributed by atoms with Gasteiger partial charge in [0.25, 0.3) is 0 Å². The van der Waals surface area contributed by atoms with E-state index in [1.165, 1.54) is 154 Å². The number of carbonyl (C=O) groups is 1. The van der Waals surface area contributed by atoms with Crippen molar-refractivity contribution in [3.05, 3.63) is 0 Å². The van der Waals surface area contributed by atoms with E-state index in [0.29, 0.717) is 5.91 Å². The number of rotatable bonds is 24. The topological polar surface area (TPSA) is 20.3 Å². The first kappa shape index (κ1) is 29.5. The van der Waals surface area contributed by atoms with Crippen LogP contribution >= 0.6 is 0 Å². The van der Waals surface area contributed by atoms with E-state index in [9.17, 15) is 4.79 Å². The first-order valence-electron chi connectivity index (χ1n) is 15.1. The van der Waals surface area contributed by atoms with Gasteiger partial charge in [-0.2, -0.15) is 0 Å². The normalized spacial score (nSPS) is 14.4. The minimum Gasteiger partial charge on any atom is -0.343 e. The van der Waals surface area contributed by atoms with Crippen molar-refractivity contribution >= 4 is 5.91 Å². The number of unbranched alkanes of at least 4 members (excludes halogenated alkanes) is 22. The summed E-state index contributed by atoms with van der Waals surface area (Å²) in [5.41, 5.74) is 0. The summed E-state index contributed by atoms with van der Waals surface area (Å²) < 4.78 is 0. The SMILES string of the molecule is CCCCCCCCCCCCCCCCCCCCCCCCCN1CCCCC1=O. The van der Waals surface area contributed by atoms with E-state index in [4.69, 9.17) is 0 Å². The predicted molar refractivity (Wildman–Crippen MR) is 142 cm³/mol. The molecule has 0 saturated carbocycles. The number of piperidine rings is 1. The maximum atomic E-state index is 11.8. The maximum Gasteiger partial charge on any atom is 0.222 e. The molecule has 0 N–H and O–H groups in total. The van der Waals surface area contributed by atoms with Gasteiger partial charge in [0.1, 0.15) is 0 Å². The molecule has 1 aliphatic heterocycles. The predicted octanol–water partition coefficient (Wildman–Crippen LogP) is 9.99. The van der Waals surface area contributed by atoms with Crippen molar-refractivity contribution in [3.63, 3.8) is 0 Å². The standard InChI is InChI=1S/C30H59NO/c1-2-3-4-5-6-7-8-9-10-11-12-13-14-15-16-17-18-19-20-21-22-23-25-28-31-29-26-24-27-30(31)32/h2-29H2,1H3. The lowest BCUT2D eigenvalue weighted by molar-refractivity contribution is -0.133. The van der Waals surface area contributed by atoms with Crippen LogP contribution in [-0.4, -0.2) is 23.9 Å². The molecule has 0 aliphatic carbocycles. The van der Waals surface area contributed by atoms with E-state index in [1.54, 1.807) is 0 Å². The van der Waals surface area contributed by atoms with E-state index < -0.39 is 0 Å². The van der Waals surface area contributed by atoms with Crippen molar-refractivity contribution in [1.29, 1.82) is 0 Å².